The number of hydrogen-bond acceptors (Lipinski definition) is 0. The monoisotopic (exact) mass is 209 g/mol. The molecule has 1 aliphatic rings. The first kappa shape index (κ1) is 9.10. The van der Waals surface area contributed by atoms with Crippen molar-refractivity contribution in [2.45, 2.75) is 26.2 Å². The third-order valence-electron chi connectivity index (χ3n) is 1.43. The molecule has 0 nitrogen and oxygen atoms in total. The summed E-state index contributed by atoms with van der Waals surface area (Å²) in [5.74, 6) is 0. The maximum atomic E-state index is 3.30. The molecular formula is C8H11Ru. The molecule has 0 unspecified atom stereocenters. The van der Waals surface area contributed by atoms with Crippen LogP contribution in [0, 0.1) is 6.08 Å². The molecule has 0 bridgehead atoms. The van der Waals surface area contributed by atoms with Gasteiger partial charge in [-0.15, -0.1) is 6.08 Å². The van der Waals surface area contributed by atoms with Gasteiger partial charge in [0.25, 0.3) is 0 Å². The molecule has 0 aromatic carbocycles. The summed E-state index contributed by atoms with van der Waals surface area (Å²) in [5.41, 5.74) is 1.47. The normalized spacial score (nSPS) is 16.3. The molecule has 0 aliphatic heterocycles. The van der Waals surface area contributed by atoms with Gasteiger partial charge >= 0.3 is 19.5 Å². The number of rotatable bonds is 1. The zero-order valence-electron chi connectivity index (χ0n) is 5.63. The molecule has 0 amide bonds. The smallest absolute Gasteiger partial charge is 0.493 e. The summed E-state index contributed by atoms with van der Waals surface area (Å²) in [7, 11) is 0. The first-order chi connectivity index (χ1) is 3.93. The van der Waals surface area contributed by atoms with Crippen LogP contribution in [-0.4, -0.2) is 0 Å². The van der Waals surface area contributed by atoms with Crippen LogP contribution in [0.2, 0.25) is 0 Å². The van der Waals surface area contributed by atoms with Gasteiger partial charge in [-0.3, -0.25) is 5.57 Å². The van der Waals surface area contributed by atoms with E-state index in [2.05, 4.69) is 25.2 Å². The summed E-state index contributed by atoms with van der Waals surface area (Å²) in [6.45, 7) is 2.18. The molecule has 1 radical (unpaired) electrons. The van der Waals surface area contributed by atoms with Crippen LogP contribution >= 0.6 is 0 Å². The van der Waals surface area contributed by atoms with Crippen molar-refractivity contribution < 1.29 is 19.5 Å². The molecule has 0 aromatic heterocycles. The molecule has 1 rings (SSSR count). The van der Waals surface area contributed by atoms with E-state index >= 15 is 0 Å². The first-order valence-electron chi connectivity index (χ1n) is 3.17. The van der Waals surface area contributed by atoms with E-state index in [1.54, 1.807) is 0 Å². The molecule has 0 saturated heterocycles. The summed E-state index contributed by atoms with van der Waals surface area (Å²) in [6, 6.07) is 0. The molecule has 9 heavy (non-hydrogen) atoms. The fourth-order valence-corrected chi connectivity index (χ4v) is 0.854. The van der Waals surface area contributed by atoms with E-state index in [0.717, 1.165) is 12.8 Å². The van der Waals surface area contributed by atoms with Gasteiger partial charge in [0.2, 0.25) is 0 Å². The third-order valence-corrected chi connectivity index (χ3v) is 1.43. The molecule has 0 spiro atoms. The summed E-state index contributed by atoms with van der Waals surface area (Å²) in [6.07, 6.45) is 11.0. The van der Waals surface area contributed by atoms with Gasteiger partial charge in [-0.2, -0.15) is 6.42 Å². The van der Waals surface area contributed by atoms with Crippen LogP contribution in [0.4, 0.5) is 0 Å². The van der Waals surface area contributed by atoms with E-state index < -0.39 is 0 Å². The van der Waals surface area contributed by atoms with Gasteiger partial charge in [-0.05, 0) is 6.42 Å². The predicted molar refractivity (Wildman–Crippen MR) is 35.4 cm³/mol. The quantitative estimate of drug-likeness (QED) is 0.353. The van der Waals surface area contributed by atoms with E-state index in [1.807, 2.05) is 0 Å². The Morgan fingerprint density at radius 3 is 2.67 bits per heavy atom. The zero-order chi connectivity index (χ0) is 5.82. The Kier molecular flexibility index (Phi) is 4.99. The average Bonchev–Trinajstić information content (AvgIpc) is 1.90. The van der Waals surface area contributed by atoms with Crippen molar-refractivity contribution in [1.82, 2.24) is 0 Å². The Bertz CT molecular complexity index is 123. The van der Waals surface area contributed by atoms with Gasteiger partial charge in [-0.1, -0.05) is 19.4 Å². The standard InChI is InChI=1S/C8H11.Ru/c1-2-8-6-4-3-5-7-8;/h3-4H,2,5-6H2,1H3;/q-1;+1. The number of hydrogen-bond donors (Lipinski definition) is 0. The van der Waals surface area contributed by atoms with E-state index in [1.165, 1.54) is 12.0 Å². The SMILES string of the molecule is CCC1=[C-]CC=CC1.[Ru+]. The molecule has 0 heterocycles. The van der Waals surface area contributed by atoms with Crippen LogP contribution in [0.5, 0.6) is 0 Å². The van der Waals surface area contributed by atoms with Gasteiger partial charge < -0.3 is 6.08 Å². The van der Waals surface area contributed by atoms with Gasteiger partial charge in [-0.25, -0.2) is 0 Å². The minimum Gasteiger partial charge on any atom is -0.493 e. The van der Waals surface area contributed by atoms with Crippen LogP contribution in [0.25, 0.3) is 0 Å². The molecule has 0 N–H and O–H groups in total. The molecule has 0 aromatic rings. The van der Waals surface area contributed by atoms with Crippen LogP contribution in [-0.2, 0) is 19.5 Å². The zero-order valence-corrected chi connectivity index (χ0v) is 7.37. The summed E-state index contributed by atoms with van der Waals surface area (Å²) < 4.78 is 0. The van der Waals surface area contributed by atoms with Gasteiger partial charge in [0.1, 0.15) is 0 Å². The average molecular weight is 208 g/mol. The minimum absolute atomic E-state index is 0. The van der Waals surface area contributed by atoms with E-state index in [9.17, 15) is 0 Å². The van der Waals surface area contributed by atoms with Crippen molar-refractivity contribution >= 4 is 0 Å². The second-order valence-corrected chi connectivity index (χ2v) is 2.01. The molecule has 1 heteroatoms. The van der Waals surface area contributed by atoms with Crippen molar-refractivity contribution in [2.75, 3.05) is 0 Å². The van der Waals surface area contributed by atoms with Crippen LogP contribution < -0.4 is 0 Å². The Labute approximate surface area is 69.8 Å². The van der Waals surface area contributed by atoms with Crippen LogP contribution in [0.3, 0.4) is 0 Å². The molecular weight excluding hydrogens is 197 g/mol. The minimum atomic E-state index is 0. The van der Waals surface area contributed by atoms with Crippen molar-refractivity contribution in [3.8, 4) is 0 Å². The largest absolute Gasteiger partial charge is 1.00 e. The third kappa shape index (κ3) is 2.96. The van der Waals surface area contributed by atoms with Gasteiger partial charge in [0, 0.05) is 0 Å². The van der Waals surface area contributed by atoms with E-state index in [-0.39, 0.29) is 19.5 Å². The Hall–Kier alpha value is 0.103. The maximum absolute atomic E-state index is 3.30. The van der Waals surface area contributed by atoms with Crippen molar-refractivity contribution in [3.63, 3.8) is 0 Å². The molecule has 51 valence electrons. The maximum Gasteiger partial charge on any atom is 1.00 e. The van der Waals surface area contributed by atoms with Crippen molar-refractivity contribution in [2.24, 2.45) is 0 Å². The fraction of sp³-hybridized carbons (Fsp3) is 0.500. The predicted octanol–water partition coefficient (Wildman–Crippen LogP) is 2.47. The Morgan fingerprint density at radius 2 is 2.33 bits per heavy atom. The van der Waals surface area contributed by atoms with Gasteiger partial charge in [0.15, 0.2) is 0 Å². The molecule has 1 aliphatic carbocycles. The fourth-order valence-electron chi connectivity index (χ4n) is 0.854. The van der Waals surface area contributed by atoms with E-state index in [0.29, 0.717) is 0 Å². The van der Waals surface area contributed by atoms with Crippen molar-refractivity contribution in [3.05, 3.63) is 23.8 Å². The second kappa shape index (κ2) is 4.93. The summed E-state index contributed by atoms with van der Waals surface area (Å²) >= 11 is 0. The van der Waals surface area contributed by atoms with E-state index in [4.69, 9.17) is 0 Å². The molecule has 0 fully saturated rings. The van der Waals surface area contributed by atoms with Crippen LogP contribution in [0.1, 0.15) is 26.2 Å². The first-order valence-corrected chi connectivity index (χ1v) is 3.17. The second-order valence-electron chi connectivity index (χ2n) is 2.01. The topological polar surface area (TPSA) is 0 Å². The Morgan fingerprint density at radius 1 is 1.56 bits per heavy atom. The molecule has 0 saturated carbocycles. The number of allylic oxidation sites excluding steroid dienone is 4. The Balaban J connectivity index is 0.000000640. The summed E-state index contributed by atoms with van der Waals surface area (Å²) in [5, 5.41) is 0. The summed E-state index contributed by atoms with van der Waals surface area (Å²) in [4.78, 5) is 0. The van der Waals surface area contributed by atoms with Crippen LogP contribution in [0.15, 0.2) is 17.7 Å². The molecule has 0 atom stereocenters. The van der Waals surface area contributed by atoms with Crippen molar-refractivity contribution in [1.29, 1.82) is 0 Å². The van der Waals surface area contributed by atoms with Gasteiger partial charge in [0.05, 0.1) is 0 Å².